The second kappa shape index (κ2) is 4.71. The number of benzene rings is 1. The maximum absolute atomic E-state index is 6.65. The van der Waals surface area contributed by atoms with Gasteiger partial charge in [-0.15, -0.1) is 0 Å². The third-order valence-electron chi connectivity index (χ3n) is 5.69. The van der Waals surface area contributed by atoms with E-state index in [0.29, 0.717) is 11.3 Å². The standard InChI is InChI=1S/C17H18BrClN2O/c18-16-10-9-20-21(14-3-1-2-6-22-14)13(10)7-12(19)15(16)11-8-17(11)4-5-17/h7,9,11,14H,1-6,8H2. The van der Waals surface area contributed by atoms with Crippen molar-refractivity contribution < 1.29 is 4.74 Å². The van der Waals surface area contributed by atoms with Crippen LogP contribution in [0.25, 0.3) is 10.9 Å². The van der Waals surface area contributed by atoms with Crippen LogP contribution < -0.4 is 0 Å². The summed E-state index contributed by atoms with van der Waals surface area (Å²) >= 11 is 10.5. The van der Waals surface area contributed by atoms with Gasteiger partial charge in [-0.1, -0.05) is 11.6 Å². The van der Waals surface area contributed by atoms with Crippen molar-refractivity contribution in [1.82, 2.24) is 9.78 Å². The van der Waals surface area contributed by atoms with E-state index in [1.807, 2.05) is 10.9 Å². The number of rotatable bonds is 2. The lowest BCUT2D eigenvalue weighted by Gasteiger charge is -2.23. The molecule has 1 saturated heterocycles. The van der Waals surface area contributed by atoms with Crippen LogP contribution in [-0.4, -0.2) is 16.4 Å². The fourth-order valence-corrected chi connectivity index (χ4v) is 5.31. The summed E-state index contributed by atoms with van der Waals surface area (Å²) in [6, 6.07) is 2.09. The van der Waals surface area contributed by atoms with Crippen molar-refractivity contribution in [2.45, 2.75) is 50.7 Å². The van der Waals surface area contributed by atoms with E-state index in [9.17, 15) is 0 Å². The Bertz CT molecular complexity index is 762. The molecule has 22 heavy (non-hydrogen) atoms. The fourth-order valence-electron chi connectivity index (χ4n) is 4.07. The first-order valence-electron chi connectivity index (χ1n) is 8.16. The lowest BCUT2D eigenvalue weighted by molar-refractivity contribution is -0.0366. The number of halogens is 2. The highest BCUT2D eigenvalue weighted by molar-refractivity contribution is 9.10. The van der Waals surface area contributed by atoms with E-state index in [4.69, 9.17) is 16.3 Å². The average molecular weight is 382 g/mol. The molecule has 2 unspecified atom stereocenters. The molecule has 2 saturated carbocycles. The van der Waals surface area contributed by atoms with E-state index in [2.05, 4.69) is 27.1 Å². The summed E-state index contributed by atoms with van der Waals surface area (Å²) in [6.45, 7) is 0.823. The minimum atomic E-state index is 0.0516. The smallest absolute Gasteiger partial charge is 0.150 e. The quantitative estimate of drug-likeness (QED) is 0.694. The van der Waals surface area contributed by atoms with Gasteiger partial charge in [0.1, 0.15) is 0 Å². The summed E-state index contributed by atoms with van der Waals surface area (Å²) in [5.74, 6) is 0.646. The predicted molar refractivity (Wildman–Crippen MR) is 90.3 cm³/mol. The Kier molecular flexibility index (Phi) is 2.96. The van der Waals surface area contributed by atoms with Crippen LogP contribution in [0.2, 0.25) is 5.02 Å². The van der Waals surface area contributed by atoms with E-state index in [0.717, 1.165) is 39.8 Å². The highest BCUT2D eigenvalue weighted by Crippen LogP contribution is 2.76. The second-order valence-corrected chi connectivity index (χ2v) is 8.25. The summed E-state index contributed by atoms with van der Waals surface area (Å²) in [5, 5.41) is 6.64. The monoisotopic (exact) mass is 380 g/mol. The number of nitrogens with zero attached hydrogens (tertiary/aromatic N) is 2. The summed E-state index contributed by atoms with van der Waals surface area (Å²) in [5.41, 5.74) is 2.98. The lowest BCUT2D eigenvalue weighted by atomic mass is 10.1. The molecule has 3 aliphatic rings. The van der Waals surface area contributed by atoms with Gasteiger partial charge in [-0.3, -0.25) is 0 Å². The van der Waals surface area contributed by atoms with Crippen molar-refractivity contribution in [3.8, 4) is 0 Å². The molecule has 1 spiro atoms. The van der Waals surface area contributed by atoms with E-state index < -0.39 is 0 Å². The van der Waals surface area contributed by atoms with Gasteiger partial charge in [-0.05, 0) is 77.4 Å². The normalized spacial score (nSPS) is 29.2. The van der Waals surface area contributed by atoms with Gasteiger partial charge < -0.3 is 4.74 Å². The molecule has 5 rings (SSSR count). The van der Waals surface area contributed by atoms with Crippen LogP contribution in [0.3, 0.4) is 0 Å². The minimum Gasteiger partial charge on any atom is -0.356 e. The zero-order chi connectivity index (χ0) is 14.9. The van der Waals surface area contributed by atoms with E-state index >= 15 is 0 Å². The van der Waals surface area contributed by atoms with Crippen molar-refractivity contribution in [2.75, 3.05) is 6.61 Å². The summed E-state index contributed by atoms with van der Waals surface area (Å²) in [4.78, 5) is 0. The highest BCUT2D eigenvalue weighted by atomic mass is 79.9. The SMILES string of the molecule is Clc1cc2c(cnn2C2CCCCO2)c(Br)c1C1CC12CC2. The first-order valence-corrected chi connectivity index (χ1v) is 9.33. The van der Waals surface area contributed by atoms with Gasteiger partial charge in [-0.2, -0.15) is 5.10 Å². The summed E-state index contributed by atoms with van der Waals surface area (Å²) in [7, 11) is 0. The maximum Gasteiger partial charge on any atom is 0.150 e. The van der Waals surface area contributed by atoms with Crippen LogP contribution in [-0.2, 0) is 4.74 Å². The van der Waals surface area contributed by atoms with Gasteiger partial charge in [0.15, 0.2) is 6.23 Å². The Labute approximate surface area is 143 Å². The molecule has 2 atom stereocenters. The third-order valence-corrected chi connectivity index (χ3v) is 6.85. The second-order valence-electron chi connectivity index (χ2n) is 7.05. The lowest BCUT2D eigenvalue weighted by Crippen LogP contribution is -2.18. The minimum absolute atomic E-state index is 0.0516. The van der Waals surface area contributed by atoms with Gasteiger partial charge in [0.25, 0.3) is 0 Å². The molecule has 0 N–H and O–H groups in total. The van der Waals surface area contributed by atoms with Crippen LogP contribution in [0.4, 0.5) is 0 Å². The Hall–Kier alpha value is -0.580. The van der Waals surface area contributed by atoms with Crippen LogP contribution in [0.1, 0.15) is 56.2 Å². The molecule has 5 heteroatoms. The van der Waals surface area contributed by atoms with Gasteiger partial charge in [0, 0.05) is 21.5 Å². The Morgan fingerprint density at radius 1 is 1.36 bits per heavy atom. The third kappa shape index (κ3) is 1.93. The molecular weight excluding hydrogens is 364 g/mol. The van der Waals surface area contributed by atoms with Crippen LogP contribution in [0, 0.1) is 5.41 Å². The largest absolute Gasteiger partial charge is 0.356 e. The van der Waals surface area contributed by atoms with Crippen molar-refractivity contribution in [3.05, 3.63) is 27.3 Å². The summed E-state index contributed by atoms with van der Waals surface area (Å²) in [6.07, 6.45) is 9.42. The number of aromatic nitrogens is 2. The zero-order valence-electron chi connectivity index (χ0n) is 12.3. The first-order chi connectivity index (χ1) is 10.7. The maximum atomic E-state index is 6.65. The number of fused-ring (bicyclic) bond motifs is 1. The fraction of sp³-hybridized carbons (Fsp3) is 0.588. The van der Waals surface area contributed by atoms with Crippen molar-refractivity contribution in [3.63, 3.8) is 0 Å². The molecule has 116 valence electrons. The highest BCUT2D eigenvalue weighted by Gasteiger charge is 2.63. The Balaban J connectivity index is 1.61. The van der Waals surface area contributed by atoms with Gasteiger partial charge in [0.2, 0.25) is 0 Å². The van der Waals surface area contributed by atoms with Gasteiger partial charge in [-0.25, -0.2) is 4.68 Å². The van der Waals surface area contributed by atoms with E-state index in [1.165, 1.54) is 31.2 Å². The average Bonchev–Trinajstić information content (AvgIpc) is 3.41. The molecular formula is C17H18BrClN2O. The molecule has 1 aliphatic heterocycles. The number of hydrogen-bond donors (Lipinski definition) is 0. The number of ether oxygens (including phenoxy) is 1. The molecule has 0 bridgehead atoms. The first kappa shape index (κ1) is 13.8. The van der Waals surface area contributed by atoms with E-state index in [-0.39, 0.29) is 6.23 Å². The summed E-state index contributed by atoms with van der Waals surface area (Å²) < 4.78 is 9.04. The molecule has 2 aromatic rings. The van der Waals surface area contributed by atoms with Crippen LogP contribution in [0.5, 0.6) is 0 Å². The Morgan fingerprint density at radius 3 is 2.91 bits per heavy atom. The predicted octanol–water partition coefficient (Wildman–Crippen LogP) is 5.42. The molecule has 2 heterocycles. The zero-order valence-corrected chi connectivity index (χ0v) is 14.7. The topological polar surface area (TPSA) is 27.1 Å². The molecule has 1 aromatic carbocycles. The molecule has 2 aliphatic carbocycles. The van der Waals surface area contributed by atoms with Crippen molar-refractivity contribution in [2.24, 2.45) is 5.41 Å². The molecule has 3 nitrogen and oxygen atoms in total. The van der Waals surface area contributed by atoms with Crippen molar-refractivity contribution in [1.29, 1.82) is 0 Å². The molecule has 3 fully saturated rings. The Morgan fingerprint density at radius 2 is 2.23 bits per heavy atom. The van der Waals surface area contributed by atoms with Gasteiger partial charge >= 0.3 is 0 Å². The van der Waals surface area contributed by atoms with Crippen LogP contribution >= 0.6 is 27.5 Å². The molecule has 1 aromatic heterocycles. The molecule has 0 amide bonds. The molecule has 0 radical (unpaired) electrons. The van der Waals surface area contributed by atoms with Gasteiger partial charge in [0.05, 0.1) is 11.7 Å². The van der Waals surface area contributed by atoms with Crippen LogP contribution in [0.15, 0.2) is 16.7 Å². The van der Waals surface area contributed by atoms with Crippen molar-refractivity contribution >= 4 is 38.4 Å². The van der Waals surface area contributed by atoms with E-state index in [1.54, 1.807) is 0 Å². The number of hydrogen-bond acceptors (Lipinski definition) is 2.